The zero-order valence-electron chi connectivity index (χ0n) is 19.3. The molecule has 0 spiro atoms. The van der Waals surface area contributed by atoms with Crippen molar-refractivity contribution in [3.8, 4) is 0 Å². The van der Waals surface area contributed by atoms with E-state index in [4.69, 9.17) is 0 Å². The van der Waals surface area contributed by atoms with Crippen LogP contribution in [0.3, 0.4) is 0 Å². The summed E-state index contributed by atoms with van der Waals surface area (Å²) < 4.78 is 0. The van der Waals surface area contributed by atoms with Crippen molar-refractivity contribution in [2.24, 2.45) is 5.92 Å². The molecule has 0 radical (unpaired) electrons. The van der Waals surface area contributed by atoms with Crippen molar-refractivity contribution in [2.75, 3.05) is 18.0 Å². The summed E-state index contributed by atoms with van der Waals surface area (Å²) in [7, 11) is 0. The third-order valence-electron chi connectivity index (χ3n) is 6.55. The standard InChI is InChI=1S/C29H34N2O/c1-22-9-8-20-31(21-22)27-18-16-25(17-19-27)23(2)30-29(32)28-13-7-6-12-26(28)15-14-24-10-4-3-5-11-24/h3-7,10-13,16-19,22-23H,8-9,14-15,20-21H2,1-2H3,(H,30,32)/t22-,23-/m0/s1. The second-order valence-corrected chi connectivity index (χ2v) is 9.12. The number of benzene rings is 3. The van der Waals surface area contributed by atoms with E-state index in [0.29, 0.717) is 0 Å². The highest BCUT2D eigenvalue weighted by Crippen LogP contribution is 2.25. The van der Waals surface area contributed by atoms with Gasteiger partial charge in [-0.2, -0.15) is 0 Å². The molecule has 1 aliphatic heterocycles. The second-order valence-electron chi connectivity index (χ2n) is 9.12. The van der Waals surface area contributed by atoms with Crippen molar-refractivity contribution in [1.82, 2.24) is 5.32 Å². The molecule has 166 valence electrons. The van der Waals surface area contributed by atoms with Gasteiger partial charge >= 0.3 is 0 Å². The molecule has 1 heterocycles. The average Bonchev–Trinajstić information content (AvgIpc) is 2.83. The summed E-state index contributed by atoms with van der Waals surface area (Å²) in [6.07, 6.45) is 4.37. The summed E-state index contributed by atoms with van der Waals surface area (Å²) in [5, 5.41) is 3.20. The zero-order valence-corrected chi connectivity index (χ0v) is 19.3. The van der Waals surface area contributed by atoms with Crippen LogP contribution in [0.2, 0.25) is 0 Å². The molecule has 1 saturated heterocycles. The van der Waals surface area contributed by atoms with Crippen LogP contribution < -0.4 is 10.2 Å². The van der Waals surface area contributed by atoms with Crippen LogP contribution in [-0.4, -0.2) is 19.0 Å². The van der Waals surface area contributed by atoms with Gasteiger partial charge in [-0.25, -0.2) is 0 Å². The lowest BCUT2D eigenvalue weighted by Crippen LogP contribution is -2.34. The Kier molecular flexibility index (Phi) is 7.26. The van der Waals surface area contributed by atoms with E-state index in [2.05, 4.69) is 78.7 Å². The molecule has 1 amide bonds. The average molecular weight is 427 g/mol. The highest BCUT2D eigenvalue weighted by atomic mass is 16.1. The smallest absolute Gasteiger partial charge is 0.252 e. The number of nitrogens with zero attached hydrogens (tertiary/aromatic N) is 1. The van der Waals surface area contributed by atoms with Gasteiger partial charge in [0.05, 0.1) is 6.04 Å². The SMILES string of the molecule is C[C@H]1CCCN(c2ccc([C@H](C)NC(=O)c3ccccc3CCc3ccccc3)cc2)C1. The van der Waals surface area contributed by atoms with E-state index in [1.807, 2.05) is 24.3 Å². The van der Waals surface area contributed by atoms with E-state index in [1.165, 1.54) is 24.1 Å². The van der Waals surface area contributed by atoms with Gasteiger partial charge in [0.1, 0.15) is 0 Å². The van der Waals surface area contributed by atoms with Gasteiger partial charge in [-0.15, -0.1) is 0 Å². The first kappa shape index (κ1) is 22.1. The normalized spacial score (nSPS) is 17.1. The fraction of sp³-hybridized carbons (Fsp3) is 0.345. The van der Waals surface area contributed by atoms with Gasteiger partial charge < -0.3 is 10.2 Å². The molecule has 32 heavy (non-hydrogen) atoms. The molecule has 1 N–H and O–H groups in total. The van der Waals surface area contributed by atoms with Gasteiger partial charge in [-0.1, -0.05) is 67.6 Å². The molecule has 0 bridgehead atoms. The van der Waals surface area contributed by atoms with Gasteiger partial charge in [-0.3, -0.25) is 4.79 Å². The Balaban J connectivity index is 1.39. The Morgan fingerprint density at radius 1 is 0.969 bits per heavy atom. The summed E-state index contributed by atoms with van der Waals surface area (Å²) in [5.74, 6) is 0.749. The Morgan fingerprint density at radius 3 is 2.44 bits per heavy atom. The summed E-state index contributed by atoms with van der Waals surface area (Å²) in [4.78, 5) is 15.6. The predicted molar refractivity (Wildman–Crippen MR) is 133 cm³/mol. The Labute approximate surface area is 192 Å². The van der Waals surface area contributed by atoms with E-state index in [1.54, 1.807) is 0 Å². The number of nitrogens with one attached hydrogen (secondary N) is 1. The number of anilines is 1. The largest absolute Gasteiger partial charge is 0.371 e. The van der Waals surface area contributed by atoms with Gasteiger partial charge in [0.15, 0.2) is 0 Å². The minimum atomic E-state index is -0.0426. The van der Waals surface area contributed by atoms with E-state index >= 15 is 0 Å². The van der Waals surface area contributed by atoms with E-state index in [9.17, 15) is 4.79 Å². The van der Waals surface area contributed by atoms with E-state index in [-0.39, 0.29) is 11.9 Å². The van der Waals surface area contributed by atoms with Gasteiger partial charge in [0.25, 0.3) is 5.91 Å². The fourth-order valence-electron chi connectivity index (χ4n) is 4.64. The van der Waals surface area contributed by atoms with Crippen molar-refractivity contribution >= 4 is 11.6 Å². The molecule has 1 fully saturated rings. The molecule has 0 aliphatic carbocycles. The third kappa shape index (κ3) is 5.59. The topological polar surface area (TPSA) is 32.3 Å². The number of carbonyl (C=O) groups excluding carboxylic acids is 1. The highest BCUT2D eigenvalue weighted by Gasteiger charge is 2.18. The maximum absolute atomic E-state index is 13.1. The second kappa shape index (κ2) is 10.5. The first-order valence-corrected chi connectivity index (χ1v) is 11.9. The molecule has 3 nitrogen and oxygen atoms in total. The van der Waals surface area contributed by atoms with Crippen molar-refractivity contribution in [3.05, 3.63) is 101 Å². The number of carbonyl (C=O) groups is 1. The molecular formula is C29H34N2O. The van der Waals surface area contributed by atoms with Gasteiger partial charge in [0, 0.05) is 24.3 Å². The monoisotopic (exact) mass is 426 g/mol. The Hall–Kier alpha value is -3.07. The predicted octanol–water partition coefficient (Wildman–Crippen LogP) is 6.20. The Morgan fingerprint density at radius 2 is 1.69 bits per heavy atom. The summed E-state index contributed by atoms with van der Waals surface area (Å²) in [6, 6.07) is 27.1. The van der Waals surface area contributed by atoms with Crippen LogP contribution in [0.25, 0.3) is 0 Å². The van der Waals surface area contributed by atoms with Crippen LogP contribution in [0.4, 0.5) is 5.69 Å². The van der Waals surface area contributed by atoms with E-state index < -0.39 is 0 Å². The molecule has 0 aromatic heterocycles. The van der Waals surface area contributed by atoms with Crippen LogP contribution in [0.15, 0.2) is 78.9 Å². The molecule has 3 aromatic carbocycles. The molecule has 0 unspecified atom stereocenters. The number of amides is 1. The van der Waals surface area contributed by atoms with Crippen LogP contribution in [-0.2, 0) is 12.8 Å². The van der Waals surface area contributed by atoms with Crippen molar-refractivity contribution in [3.63, 3.8) is 0 Å². The number of hydrogen-bond donors (Lipinski definition) is 1. The molecule has 3 heteroatoms. The van der Waals surface area contributed by atoms with Crippen molar-refractivity contribution < 1.29 is 4.79 Å². The van der Waals surface area contributed by atoms with Gasteiger partial charge in [-0.05, 0) is 73.4 Å². The highest BCUT2D eigenvalue weighted by molar-refractivity contribution is 5.96. The molecule has 1 aliphatic rings. The maximum atomic E-state index is 13.1. The van der Waals surface area contributed by atoms with Crippen LogP contribution in [0, 0.1) is 5.92 Å². The van der Waals surface area contributed by atoms with E-state index in [0.717, 1.165) is 48.5 Å². The quantitative estimate of drug-likeness (QED) is 0.488. The first-order valence-electron chi connectivity index (χ1n) is 11.9. The molecule has 3 aromatic rings. The summed E-state index contributed by atoms with van der Waals surface area (Å²) in [5.41, 5.74) is 5.57. The van der Waals surface area contributed by atoms with Crippen molar-refractivity contribution in [1.29, 1.82) is 0 Å². The number of hydrogen-bond acceptors (Lipinski definition) is 2. The van der Waals surface area contributed by atoms with Crippen molar-refractivity contribution in [2.45, 2.75) is 45.6 Å². The maximum Gasteiger partial charge on any atom is 0.252 e. The molecule has 0 saturated carbocycles. The lowest BCUT2D eigenvalue weighted by molar-refractivity contribution is 0.0939. The molecule has 4 rings (SSSR count). The van der Waals surface area contributed by atoms with Gasteiger partial charge in [0.2, 0.25) is 0 Å². The minimum Gasteiger partial charge on any atom is -0.371 e. The first-order chi connectivity index (χ1) is 15.6. The molecule has 2 atom stereocenters. The lowest BCUT2D eigenvalue weighted by atomic mass is 9.98. The fourth-order valence-corrected chi connectivity index (χ4v) is 4.64. The molecular weight excluding hydrogens is 392 g/mol. The lowest BCUT2D eigenvalue weighted by Gasteiger charge is -2.33. The number of aryl methyl sites for hydroxylation is 2. The number of piperidine rings is 1. The summed E-state index contributed by atoms with van der Waals surface area (Å²) >= 11 is 0. The summed E-state index contributed by atoms with van der Waals surface area (Å²) in [6.45, 7) is 6.65. The van der Waals surface area contributed by atoms with Crippen LogP contribution in [0.5, 0.6) is 0 Å². The number of rotatable bonds is 7. The minimum absolute atomic E-state index is 0.00454. The zero-order chi connectivity index (χ0) is 22.3. The Bertz CT molecular complexity index is 1010. The van der Waals surface area contributed by atoms with Crippen LogP contribution in [0.1, 0.15) is 59.8 Å². The van der Waals surface area contributed by atoms with Crippen LogP contribution >= 0.6 is 0 Å². The third-order valence-corrected chi connectivity index (χ3v) is 6.55.